The molecule has 45 heavy (non-hydrogen) atoms. The molecule has 0 aliphatic carbocycles. The molecular weight excluding hydrogens is 597 g/mol. The van der Waals surface area contributed by atoms with Gasteiger partial charge in [0, 0.05) is 16.7 Å². The average molecular weight is 638 g/mol. The lowest BCUT2D eigenvalue weighted by Crippen LogP contribution is -2.58. The lowest BCUT2D eigenvalue weighted by molar-refractivity contribution is -0.295. The van der Waals surface area contributed by atoms with Gasteiger partial charge in [-0.3, -0.25) is 4.79 Å². The summed E-state index contributed by atoms with van der Waals surface area (Å²) in [5.41, 5.74) is 1.56. The van der Waals surface area contributed by atoms with Crippen LogP contribution >= 0.6 is 11.8 Å². The minimum Gasteiger partial charge on any atom is -0.497 e. The summed E-state index contributed by atoms with van der Waals surface area (Å²) >= 11 is 1.47. The summed E-state index contributed by atoms with van der Waals surface area (Å²) in [5.74, 6) is -0.391. The number of methoxy groups -OCH3 is 1. The lowest BCUT2D eigenvalue weighted by atomic mass is 9.92. The van der Waals surface area contributed by atoms with Crippen molar-refractivity contribution in [1.82, 2.24) is 0 Å². The van der Waals surface area contributed by atoms with Crippen LogP contribution in [-0.2, 0) is 29.6 Å². The van der Waals surface area contributed by atoms with Crippen molar-refractivity contribution in [3.63, 3.8) is 0 Å². The minimum absolute atomic E-state index is 0.0946. The second kappa shape index (κ2) is 13.0. The molecule has 0 radical (unpaired) electrons. The third kappa shape index (κ3) is 7.62. The van der Waals surface area contributed by atoms with Gasteiger partial charge >= 0.3 is 5.97 Å². The highest BCUT2D eigenvalue weighted by molar-refractivity contribution is 8.00. The Hall–Kier alpha value is -3.60. The van der Waals surface area contributed by atoms with Gasteiger partial charge in [0.25, 0.3) is 0 Å². The van der Waals surface area contributed by atoms with Crippen LogP contribution in [0.1, 0.15) is 51.8 Å². The van der Waals surface area contributed by atoms with Gasteiger partial charge in [-0.2, -0.15) is 0 Å². The molecule has 0 spiro atoms. The van der Waals surface area contributed by atoms with Crippen LogP contribution in [0.4, 0.5) is 10.1 Å². The smallest absolute Gasteiger partial charge is 0.344 e. The molecule has 0 aromatic heterocycles. The predicted octanol–water partition coefficient (Wildman–Crippen LogP) is 6.67. The highest BCUT2D eigenvalue weighted by Crippen LogP contribution is 2.48. The largest absolute Gasteiger partial charge is 0.497 e. The van der Waals surface area contributed by atoms with Gasteiger partial charge in [0.1, 0.15) is 28.2 Å². The first-order valence-corrected chi connectivity index (χ1v) is 15.9. The average Bonchev–Trinajstić information content (AvgIpc) is 3.00. The van der Waals surface area contributed by atoms with Gasteiger partial charge in [-0.1, -0.05) is 26.0 Å². The van der Waals surface area contributed by atoms with E-state index in [-0.39, 0.29) is 29.8 Å². The summed E-state index contributed by atoms with van der Waals surface area (Å²) < 4.78 is 43.0. The number of esters is 1. The van der Waals surface area contributed by atoms with Gasteiger partial charge in [0.05, 0.1) is 32.1 Å². The molecule has 240 valence electrons. The summed E-state index contributed by atoms with van der Waals surface area (Å²) in [6.45, 7) is 10.3. The predicted molar refractivity (Wildman–Crippen MR) is 171 cm³/mol. The van der Waals surface area contributed by atoms with E-state index < -0.39 is 22.6 Å². The molecule has 2 fully saturated rings. The SMILES string of the molecule is COc1ccc(C2(CSC3C(=O)N(c4ccc(F)cc4)C3c3ccc(OCC(=O)OC(C)(C)C)cc3)OCC(C)(C)CO2)cc1. The molecule has 0 saturated carbocycles. The Morgan fingerprint density at radius 1 is 0.956 bits per heavy atom. The molecule has 2 unspecified atom stereocenters. The molecule has 2 saturated heterocycles. The number of ether oxygens (including phenoxy) is 5. The summed E-state index contributed by atoms with van der Waals surface area (Å²) in [6.07, 6.45) is 0. The number of amides is 1. The lowest BCUT2D eigenvalue weighted by Gasteiger charge is -2.49. The number of carbonyl (C=O) groups excluding carboxylic acids is 2. The van der Waals surface area contributed by atoms with Crippen molar-refractivity contribution in [2.24, 2.45) is 5.41 Å². The molecule has 0 bridgehead atoms. The number of hydrogen-bond donors (Lipinski definition) is 0. The van der Waals surface area contributed by atoms with Crippen LogP contribution in [0.3, 0.4) is 0 Å². The van der Waals surface area contributed by atoms with Crippen molar-refractivity contribution < 1.29 is 37.7 Å². The maximum Gasteiger partial charge on any atom is 0.344 e. The van der Waals surface area contributed by atoms with E-state index in [1.165, 1.54) is 23.9 Å². The zero-order valence-electron chi connectivity index (χ0n) is 26.5. The van der Waals surface area contributed by atoms with Gasteiger partial charge < -0.3 is 28.6 Å². The number of nitrogens with zero attached hydrogens (tertiary/aromatic N) is 1. The molecule has 2 aliphatic heterocycles. The van der Waals surface area contributed by atoms with Gasteiger partial charge in [0.15, 0.2) is 6.61 Å². The van der Waals surface area contributed by atoms with E-state index >= 15 is 0 Å². The third-order valence-corrected chi connectivity index (χ3v) is 8.89. The van der Waals surface area contributed by atoms with E-state index in [1.807, 2.05) is 36.4 Å². The molecule has 5 rings (SSSR count). The highest BCUT2D eigenvalue weighted by atomic mass is 32.2. The van der Waals surface area contributed by atoms with Crippen molar-refractivity contribution in [1.29, 1.82) is 0 Å². The Bertz CT molecular complexity index is 1480. The van der Waals surface area contributed by atoms with E-state index in [4.69, 9.17) is 23.7 Å². The standard InChI is InChI=1S/C35H40FNO7S/c1-33(2,3)44-29(38)19-41-28-15-7-23(8-16-28)30-31(32(39)37(30)26-13-11-25(36)12-14-26)45-22-35(42-20-34(4,5)21-43-35)24-9-17-27(40-6)18-10-24/h7-18,30-31H,19-22H2,1-6H3. The van der Waals surface area contributed by atoms with Crippen molar-refractivity contribution in [2.45, 2.75) is 57.3 Å². The maximum atomic E-state index is 13.8. The first-order valence-electron chi connectivity index (χ1n) is 14.9. The van der Waals surface area contributed by atoms with Crippen LogP contribution in [-0.4, -0.2) is 55.4 Å². The number of anilines is 1. The molecule has 3 aromatic carbocycles. The topological polar surface area (TPSA) is 83.5 Å². The summed E-state index contributed by atoms with van der Waals surface area (Å²) in [7, 11) is 1.62. The number of benzene rings is 3. The van der Waals surface area contributed by atoms with Crippen LogP contribution in [0.25, 0.3) is 0 Å². The number of halogens is 1. The van der Waals surface area contributed by atoms with E-state index in [0.29, 0.717) is 30.4 Å². The molecule has 2 heterocycles. The fourth-order valence-electron chi connectivity index (χ4n) is 5.20. The molecular formula is C35H40FNO7S. The fourth-order valence-corrected chi connectivity index (χ4v) is 6.65. The van der Waals surface area contributed by atoms with E-state index in [9.17, 15) is 14.0 Å². The Labute approximate surface area is 268 Å². The quantitative estimate of drug-likeness (QED) is 0.180. The van der Waals surface area contributed by atoms with Gasteiger partial charge in [-0.25, -0.2) is 9.18 Å². The molecule has 0 N–H and O–H groups in total. The van der Waals surface area contributed by atoms with Crippen LogP contribution < -0.4 is 14.4 Å². The summed E-state index contributed by atoms with van der Waals surface area (Å²) in [6, 6.07) is 20.4. The number of carbonyl (C=O) groups is 2. The monoisotopic (exact) mass is 637 g/mol. The Balaban J connectivity index is 1.37. The summed E-state index contributed by atoms with van der Waals surface area (Å²) in [4.78, 5) is 27.5. The maximum absolute atomic E-state index is 13.8. The first kappa shape index (κ1) is 32.8. The van der Waals surface area contributed by atoms with E-state index in [1.54, 1.807) is 57.0 Å². The van der Waals surface area contributed by atoms with Gasteiger partial charge in [0.2, 0.25) is 11.7 Å². The van der Waals surface area contributed by atoms with Gasteiger partial charge in [-0.15, -0.1) is 11.8 Å². The molecule has 2 atom stereocenters. The van der Waals surface area contributed by atoms with Crippen molar-refractivity contribution in [2.75, 3.05) is 37.6 Å². The van der Waals surface area contributed by atoms with Crippen molar-refractivity contribution in [3.8, 4) is 11.5 Å². The first-order chi connectivity index (χ1) is 21.3. The number of hydrogen-bond acceptors (Lipinski definition) is 8. The zero-order chi connectivity index (χ0) is 32.4. The molecule has 8 nitrogen and oxygen atoms in total. The molecule has 2 aliphatic rings. The molecule has 1 amide bonds. The second-order valence-corrected chi connectivity index (χ2v) is 14.2. The number of β-lactam (4-membered cyclic amide) rings is 1. The van der Waals surface area contributed by atoms with Crippen molar-refractivity contribution in [3.05, 3.63) is 89.7 Å². The Morgan fingerprint density at radius 3 is 2.13 bits per heavy atom. The van der Waals surface area contributed by atoms with Crippen LogP contribution in [0, 0.1) is 11.2 Å². The molecule has 10 heteroatoms. The zero-order valence-corrected chi connectivity index (χ0v) is 27.3. The normalized spacial score (nSPS) is 20.7. The van der Waals surface area contributed by atoms with Crippen LogP contribution in [0.15, 0.2) is 72.8 Å². The fraction of sp³-hybridized carbons (Fsp3) is 0.429. The highest BCUT2D eigenvalue weighted by Gasteiger charge is 2.51. The summed E-state index contributed by atoms with van der Waals surface area (Å²) in [5, 5.41) is -0.458. The number of thioether (sulfide) groups is 1. The van der Waals surface area contributed by atoms with E-state index in [2.05, 4.69) is 13.8 Å². The molecule has 3 aromatic rings. The van der Waals surface area contributed by atoms with Crippen LogP contribution in [0.2, 0.25) is 0 Å². The minimum atomic E-state index is -1.05. The van der Waals surface area contributed by atoms with Crippen LogP contribution in [0.5, 0.6) is 11.5 Å². The van der Waals surface area contributed by atoms with E-state index in [0.717, 1.165) is 16.9 Å². The third-order valence-electron chi connectivity index (χ3n) is 7.52. The second-order valence-electron chi connectivity index (χ2n) is 13.0. The van der Waals surface area contributed by atoms with Crippen molar-refractivity contribution >= 4 is 29.3 Å². The number of rotatable bonds is 10. The van der Waals surface area contributed by atoms with Gasteiger partial charge in [-0.05, 0) is 87.0 Å². The Kier molecular flexibility index (Phi) is 9.49. The Morgan fingerprint density at radius 2 is 1.56 bits per heavy atom.